The van der Waals surface area contributed by atoms with Crippen molar-refractivity contribution in [3.8, 4) is 0 Å². The molecule has 0 saturated carbocycles. The SMILES string of the molecule is C=C(C(=O)CCCc1ccc(N)cc1)C1=CC=C(CCc2ccc(C(C)C)cn2)C1. The lowest BCUT2D eigenvalue weighted by Crippen LogP contribution is -2.04. The van der Waals surface area contributed by atoms with Crippen LogP contribution in [0.4, 0.5) is 5.69 Å². The van der Waals surface area contributed by atoms with Crippen LogP contribution in [-0.2, 0) is 17.6 Å². The molecule has 1 aromatic heterocycles. The number of allylic oxidation sites excluding steroid dienone is 5. The van der Waals surface area contributed by atoms with E-state index in [2.05, 4.69) is 49.7 Å². The zero-order valence-electron chi connectivity index (χ0n) is 18.2. The molecule has 0 aliphatic heterocycles. The number of nitrogens with zero attached hydrogens (tertiary/aromatic N) is 1. The first kappa shape index (κ1) is 21.8. The molecule has 0 fully saturated rings. The summed E-state index contributed by atoms with van der Waals surface area (Å²) in [7, 11) is 0. The zero-order chi connectivity index (χ0) is 21.5. The molecule has 1 aliphatic carbocycles. The number of anilines is 1. The van der Waals surface area contributed by atoms with Crippen molar-refractivity contribution in [2.24, 2.45) is 0 Å². The van der Waals surface area contributed by atoms with Crippen molar-refractivity contribution in [1.82, 2.24) is 4.98 Å². The van der Waals surface area contributed by atoms with Gasteiger partial charge in [-0.15, -0.1) is 0 Å². The lowest BCUT2D eigenvalue weighted by molar-refractivity contribution is -0.115. The van der Waals surface area contributed by atoms with Crippen LogP contribution >= 0.6 is 0 Å². The maximum absolute atomic E-state index is 12.6. The molecule has 0 atom stereocenters. The lowest BCUT2D eigenvalue weighted by atomic mass is 9.95. The van der Waals surface area contributed by atoms with E-state index < -0.39 is 0 Å². The third-order valence-electron chi connectivity index (χ3n) is 5.73. The van der Waals surface area contributed by atoms with Gasteiger partial charge in [0.05, 0.1) is 0 Å². The molecule has 0 radical (unpaired) electrons. The van der Waals surface area contributed by atoms with Crippen LogP contribution in [0.2, 0.25) is 0 Å². The predicted molar refractivity (Wildman–Crippen MR) is 125 cm³/mol. The smallest absolute Gasteiger partial charge is 0.162 e. The summed E-state index contributed by atoms with van der Waals surface area (Å²) in [5.74, 6) is 0.656. The first-order valence-corrected chi connectivity index (χ1v) is 10.8. The second-order valence-corrected chi connectivity index (χ2v) is 8.43. The molecule has 0 amide bonds. The standard InChI is InChI=1S/C27H32N2O/c1-19(2)24-12-16-26(29-18-24)15-10-22-7-11-23(17-22)20(3)27(30)6-4-5-21-8-13-25(28)14-9-21/h7-9,11-14,16,18-19H,3-6,10,15,17,28H2,1-2H3. The van der Waals surface area contributed by atoms with Gasteiger partial charge in [0.25, 0.3) is 0 Å². The number of nitrogens with two attached hydrogens (primary N) is 1. The minimum atomic E-state index is 0.150. The zero-order valence-corrected chi connectivity index (χ0v) is 18.2. The molecule has 0 unspecified atom stereocenters. The van der Waals surface area contributed by atoms with Gasteiger partial charge in [-0.1, -0.05) is 56.4 Å². The lowest BCUT2D eigenvalue weighted by Gasteiger charge is -2.09. The second-order valence-electron chi connectivity index (χ2n) is 8.43. The number of ketones is 1. The summed E-state index contributed by atoms with van der Waals surface area (Å²) in [6.45, 7) is 8.43. The number of carbonyl (C=O) groups excluding carboxylic acids is 1. The number of aryl methyl sites for hydroxylation is 2. The molecule has 0 bridgehead atoms. The van der Waals surface area contributed by atoms with Gasteiger partial charge >= 0.3 is 0 Å². The minimum absolute atomic E-state index is 0.150. The van der Waals surface area contributed by atoms with Gasteiger partial charge in [0, 0.05) is 29.6 Å². The van der Waals surface area contributed by atoms with E-state index in [9.17, 15) is 4.79 Å². The van der Waals surface area contributed by atoms with Crippen LogP contribution in [-0.4, -0.2) is 10.8 Å². The third kappa shape index (κ3) is 6.03. The highest BCUT2D eigenvalue weighted by molar-refractivity contribution is 5.99. The van der Waals surface area contributed by atoms with Gasteiger partial charge in [0.15, 0.2) is 5.78 Å². The van der Waals surface area contributed by atoms with Crippen LogP contribution < -0.4 is 5.73 Å². The van der Waals surface area contributed by atoms with E-state index in [1.807, 2.05) is 30.5 Å². The van der Waals surface area contributed by atoms with Crippen molar-refractivity contribution < 1.29 is 4.79 Å². The molecule has 3 rings (SSSR count). The van der Waals surface area contributed by atoms with Gasteiger partial charge in [-0.25, -0.2) is 0 Å². The summed E-state index contributed by atoms with van der Waals surface area (Å²) < 4.78 is 0. The first-order valence-electron chi connectivity index (χ1n) is 10.8. The van der Waals surface area contributed by atoms with E-state index in [-0.39, 0.29) is 5.78 Å². The molecule has 30 heavy (non-hydrogen) atoms. The molecule has 3 nitrogen and oxygen atoms in total. The number of hydrogen-bond donors (Lipinski definition) is 1. The average Bonchev–Trinajstić information content (AvgIpc) is 3.22. The molecule has 1 heterocycles. The molecule has 1 aromatic carbocycles. The highest BCUT2D eigenvalue weighted by Gasteiger charge is 2.16. The summed E-state index contributed by atoms with van der Waals surface area (Å²) in [5.41, 5.74) is 13.1. The van der Waals surface area contributed by atoms with E-state index in [1.54, 1.807) is 0 Å². The van der Waals surface area contributed by atoms with Gasteiger partial charge in [0.1, 0.15) is 0 Å². The van der Waals surface area contributed by atoms with Gasteiger partial charge in [-0.2, -0.15) is 0 Å². The van der Waals surface area contributed by atoms with Crippen LogP contribution in [0, 0.1) is 0 Å². The Bertz CT molecular complexity index is 947. The Morgan fingerprint density at radius 2 is 1.83 bits per heavy atom. The fraction of sp³-hybridized carbons (Fsp3) is 0.333. The summed E-state index contributed by atoms with van der Waals surface area (Å²) in [6, 6.07) is 12.2. The van der Waals surface area contributed by atoms with Crippen molar-refractivity contribution in [2.75, 3.05) is 5.73 Å². The summed E-state index contributed by atoms with van der Waals surface area (Å²) in [5, 5.41) is 0. The number of aromatic nitrogens is 1. The second kappa shape index (κ2) is 10.2. The predicted octanol–water partition coefficient (Wildman–Crippen LogP) is 6.12. The summed E-state index contributed by atoms with van der Waals surface area (Å²) in [4.78, 5) is 17.1. The third-order valence-corrected chi connectivity index (χ3v) is 5.73. The van der Waals surface area contributed by atoms with Crippen molar-refractivity contribution in [1.29, 1.82) is 0 Å². The molecule has 0 spiro atoms. The van der Waals surface area contributed by atoms with Crippen LogP contribution in [0.5, 0.6) is 0 Å². The molecule has 156 valence electrons. The fourth-order valence-electron chi connectivity index (χ4n) is 3.64. The molecular formula is C27H32N2O. The first-order chi connectivity index (χ1) is 14.4. The Labute approximate surface area is 180 Å². The van der Waals surface area contributed by atoms with Crippen molar-refractivity contribution in [3.63, 3.8) is 0 Å². The monoisotopic (exact) mass is 400 g/mol. The van der Waals surface area contributed by atoms with Gasteiger partial charge in [0.2, 0.25) is 0 Å². The molecule has 1 aliphatic rings. The number of carbonyl (C=O) groups is 1. The van der Waals surface area contributed by atoms with E-state index in [0.717, 1.165) is 49.1 Å². The van der Waals surface area contributed by atoms with Crippen LogP contribution in [0.25, 0.3) is 0 Å². The van der Waals surface area contributed by atoms with Crippen molar-refractivity contribution >= 4 is 11.5 Å². The number of rotatable bonds is 10. The number of pyridine rings is 1. The summed E-state index contributed by atoms with van der Waals surface area (Å²) >= 11 is 0. The number of nitrogen functional groups attached to an aromatic ring is 1. The van der Waals surface area contributed by atoms with Crippen LogP contribution in [0.1, 0.15) is 62.3 Å². The number of benzene rings is 1. The fourth-order valence-corrected chi connectivity index (χ4v) is 3.64. The Morgan fingerprint density at radius 1 is 1.07 bits per heavy atom. The largest absolute Gasteiger partial charge is 0.399 e. The maximum Gasteiger partial charge on any atom is 0.162 e. The van der Waals surface area contributed by atoms with E-state index in [1.165, 1.54) is 16.7 Å². The van der Waals surface area contributed by atoms with E-state index in [0.29, 0.717) is 17.9 Å². The molecular weight excluding hydrogens is 368 g/mol. The topological polar surface area (TPSA) is 56.0 Å². The minimum Gasteiger partial charge on any atom is -0.399 e. The highest BCUT2D eigenvalue weighted by atomic mass is 16.1. The number of hydrogen-bond acceptors (Lipinski definition) is 3. The van der Waals surface area contributed by atoms with Gasteiger partial charge in [-0.05, 0) is 72.9 Å². The molecule has 3 heteroatoms. The number of Topliss-reactive ketones (excluding diaryl/α,β-unsaturated/α-hetero) is 1. The Kier molecular flexibility index (Phi) is 7.40. The molecule has 2 aromatic rings. The molecule has 0 saturated heterocycles. The van der Waals surface area contributed by atoms with Gasteiger partial charge in [-0.3, -0.25) is 9.78 Å². The maximum atomic E-state index is 12.6. The van der Waals surface area contributed by atoms with Crippen molar-refractivity contribution in [2.45, 2.75) is 58.3 Å². The molecule has 2 N–H and O–H groups in total. The van der Waals surface area contributed by atoms with Crippen molar-refractivity contribution in [3.05, 3.63) is 94.9 Å². The Morgan fingerprint density at radius 3 is 2.50 bits per heavy atom. The average molecular weight is 401 g/mol. The van der Waals surface area contributed by atoms with Crippen LogP contribution in [0.15, 0.2) is 78.0 Å². The van der Waals surface area contributed by atoms with Crippen LogP contribution in [0.3, 0.4) is 0 Å². The highest BCUT2D eigenvalue weighted by Crippen LogP contribution is 2.28. The van der Waals surface area contributed by atoms with E-state index >= 15 is 0 Å². The van der Waals surface area contributed by atoms with E-state index in [4.69, 9.17) is 5.73 Å². The Balaban J connectivity index is 1.40. The summed E-state index contributed by atoms with van der Waals surface area (Å²) in [6.07, 6.45) is 11.1. The van der Waals surface area contributed by atoms with Gasteiger partial charge < -0.3 is 5.73 Å². The Hall–Kier alpha value is -2.94. The quantitative estimate of drug-likeness (QED) is 0.386. The normalized spacial score (nSPS) is 13.3.